The molecular formula is C17H23NO. The van der Waals surface area contributed by atoms with Gasteiger partial charge in [0, 0.05) is 0 Å². The summed E-state index contributed by atoms with van der Waals surface area (Å²) >= 11 is 0. The lowest BCUT2D eigenvalue weighted by molar-refractivity contribution is -0.00309. The van der Waals surface area contributed by atoms with E-state index < -0.39 is 5.60 Å². The molecular weight excluding hydrogens is 234 g/mol. The van der Waals surface area contributed by atoms with E-state index in [1.165, 1.54) is 16.3 Å². The van der Waals surface area contributed by atoms with E-state index in [9.17, 15) is 5.11 Å². The Bertz CT molecular complexity index is 581. The number of fused-ring (bicyclic) bond motifs is 1. The van der Waals surface area contributed by atoms with E-state index in [0.717, 1.165) is 5.56 Å². The molecule has 2 aromatic carbocycles. The molecule has 0 saturated carbocycles. The third kappa shape index (κ3) is 2.96. The fourth-order valence-corrected chi connectivity index (χ4v) is 2.89. The van der Waals surface area contributed by atoms with E-state index in [1.54, 1.807) is 0 Å². The van der Waals surface area contributed by atoms with Crippen LogP contribution in [0.5, 0.6) is 0 Å². The van der Waals surface area contributed by atoms with Gasteiger partial charge in [-0.1, -0.05) is 35.9 Å². The quantitative estimate of drug-likeness (QED) is 0.909. The van der Waals surface area contributed by atoms with Gasteiger partial charge in [-0.2, -0.15) is 0 Å². The highest BCUT2D eigenvalue weighted by atomic mass is 16.3. The average Bonchev–Trinajstić information content (AvgIpc) is 2.27. The van der Waals surface area contributed by atoms with Gasteiger partial charge in [0.2, 0.25) is 0 Å². The Labute approximate surface area is 115 Å². The fourth-order valence-electron chi connectivity index (χ4n) is 2.89. The maximum absolute atomic E-state index is 10.4. The predicted octanol–water partition coefficient (Wildman–Crippen LogP) is 3.52. The molecule has 0 bridgehead atoms. The van der Waals surface area contributed by atoms with Crippen molar-refractivity contribution >= 4 is 10.8 Å². The average molecular weight is 257 g/mol. The van der Waals surface area contributed by atoms with Gasteiger partial charge in [-0.05, 0) is 57.3 Å². The molecule has 0 aliphatic carbocycles. The van der Waals surface area contributed by atoms with Crippen molar-refractivity contribution in [3.63, 3.8) is 0 Å². The lowest BCUT2D eigenvalue weighted by atomic mass is 9.89. The number of hydrogen-bond acceptors (Lipinski definition) is 2. The molecule has 0 aliphatic heterocycles. The molecule has 0 heterocycles. The monoisotopic (exact) mass is 257 g/mol. The summed E-state index contributed by atoms with van der Waals surface area (Å²) in [5.74, 6) is 0. The fraction of sp³-hybridized carbons (Fsp3) is 0.412. The number of aryl methyl sites for hydroxylation is 1. The third-order valence-electron chi connectivity index (χ3n) is 3.52. The van der Waals surface area contributed by atoms with Crippen LogP contribution in [0.25, 0.3) is 10.8 Å². The summed E-state index contributed by atoms with van der Waals surface area (Å²) in [7, 11) is 4.00. The summed E-state index contributed by atoms with van der Waals surface area (Å²) in [6.45, 7) is 5.82. The number of rotatable bonds is 3. The van der Waals surface area contributed by atoms with Gasteiger partial charge >= 0.3 is 0 Å². The highest BCUT2D eigenvalue weighted by Gasteiger charge is 2.30. The van der Waals surface area contributed by atoms with E-state index in [4.69, 9.17) is 0 Å². The van der Waals surface area contributed by atoms with Crippen LogP contribution < -0.4 is 0 Å². The minimum atomic E-state index is -0.776. The van der Waals surface area contributed by atoms with Crippen LogP contribution in [0.1, 0.15) is 31.0 Å². The molecule has 0 spiro atoms. The zero-order valence-corrected chi connectivity index (χ0v) is 12.4. The van der Waals surface area contributed by atoms with Crippen molar-refractivity contribution in [3.05, 3.63) is 47.5 Å². The Morgan fingerprint density at radius 1 is 1.00 bits per heavy atom. The minimum Gasteiger partial charge on any atom is -0.388 e. The van der Waals surface area contributed by atoms with Crippen LogP contribution in [0.15, 0.2) is 36.4 Å². The zero-order valence-electron chi connectivity index (χ0n) is 12.4. The molecule has 2 rings (SSSR count). The molecule has 0 fully saturated rings. The van der Waals surface area contributed by atoms with Crippen LogP contribution in [-0.4, -0.2) is 29.7 Å². The number of aliphatic hydroxyl groups is 1. The SMILES string of the molecule is Cc1ccc2cc(C(N(C)C)C(C)(C)O)ccc2c1. The first-order chi connectivity index (χ1) is 8.79. The summed E-state index contributed by atoms with van der Waals surface area (Å²) in [5, 5.41) is 12.8. The first kappa shape index (κ1) is 14.0. The molecule has 19 heavy (non-hydrogen) atoms. The largest absolute Gasteiger partial charge is 0.388 e. The lowest BCUT2D eigenvalue weighted by Gasteiger charge is -2.35. The maximum Gasteiger partial charge on any atom is 0.0787 e. The van der Waals surface area contributed by atoms with Gasteiger partial charge in [0.05, 0.1) is 11.6 Å². The summed E-state index contributed by atoms with van der Waals surface area (Å²) in [6, 6.07) is 12.9. The molecule has 0 saturated heterocycles. The number of hydrogen-bond donors (Lipinski definition) is 1. The summed E-state index contributed by atoms with van der Waals surface area (Å²) in [5.41, 5.74) is 1.64. The first-order valence-electron chi connectivity index (χ1n) is 6.68. The predicted molar refractivity (Wildman–Crippen MR) is 81.4 cm³/mol. The van der Waals surface area contributed by atoms with Crippen LogP contribution >= 0.6 is 0 Å². The van der Waals surface area contributed by atoms with E-state index in [1.807, 2.05) is 27.9 Å². The minimum absolute atomic E-state index is 0.0156. The third-order valence-corrected chi connectivity index (χ3v) is 3.52. The normalized spacial score (nSPS) is 14.1. The van der Waals surface area contributed by atoms with Gasteiger partial charge in [-0.3, -0.25) is 4.90 Å². The highest BCUT2D eigenvalue weighted by molar-refractivity contribution is 5.83. The van der Waals surface area contributed by atoms with Gasteiger partial charge in [-0.25, -0.2) is 0 Å². The highest BCUT2D eigenvalue weighted by Crippen LogP contribution is 2.31. The Morgan fingerprint density at radius 3 is 2.16 bits per heavy atom. The van der Waals surface area contributed by atoms with Gasteiger partial charge in [0.25, 0.3) is 0 Å². The first-order valence-corrected chi connectivity index (χ1v) is 6.68. The summed E-state index contributed by atoms with van der Waals surface area (Å²) in [6.07, 6.45) is 0. The Kier molecular flexibility index (Phi) is 3.66. The smallest absolute Gasteiger partial charge is 0.0787 e. The van der Waals surface area contributed by atoms with Crippen molar-refractivity contribution in [1.82, 2.24) is 4.90 Å². The second-order valence-corrected chi connectivity index (χ2v) is 6.13. The van der Waals surface area contributed by atoms with E-state index in [0.29, 0.717) is 0 Å². The molecule has 2 heteroatoms. The molecule has 2 nitrogen and oxygen atoms in total. The Hall–Kier alpha value is -1.38. The maximum atomic E-state index is 10.4. The van der Waals surface area contributed by atoms with Crippen LogP contribution in [0.2, 0.25) is 0 Å². The van der Waals surface area contributed by atoms with Crippen LogP contribution in [-0.2, 0) is 0 Å². The summed E-state index contributed by atoms with van der Waals surface area (Å²) < 4.78 is 0. The molecule has 0 aromatic heterocycles. The molecule has 0 amide bonds. The van der Waals surface area contributed by atoms with Gasteiger partial charge < -0.3 is 5.11 Å². The topological polar surface area (TPSA) is 23.5 Å². The van der Waals surface area contributed by atoms with Crippen molar-refractivity contribution in [2.75, 3.05) is 14.1 Å². The lowest BCUT2D eigenvalue weighted by Crippen LogP contribution is -2.38. The molecule has 1 atom stereocenters. The van der Waals surface area contributed by atoms with Gasteiger partial charge in [0.15, 0.2) is 0 Å². The van der Waals surface area contributed by atoms with Gasteiger partial charge in [-0.15, -0.1) is 0 Å². The second-order valence-electron chi connectivity index (χ2n) is 6.13. The van der Waals surface area contributed by atoms with E-state index in [2.05, 4.69) is 48.2 Å². The zero-order chi connectivity index (χ0) is 14.2. The number of likely N-dealkylation sites (N-methyl/N-ethyl adjacent to an activating group) is 1. The Morgan fingerprint density at radius 2 is 1.58 bits per heavy atom. The number of nitrogens with zero attached hydrogens (tertiary/aromatic N) is 1. The van der Waals surface area contributed by atoms with Crippen molar-refractivity contribution in [1.29, 1.82) is 0 Å². The van der Waals surface area contributed by atoms with Gasteiger partial charge in [0.1, 0.15) is 0 Å². The molecule has 0 radical (unpaired) electrons. The molecule has 1 N–H and O–H groups in total. The second kappa shape index (κ2) is 4.95. The van der Waals surface area contributed by atoms with E-state index in [-0.39, 0.29) is 6.04 Å². The Balaban J connectivity index is 2.53. The van der Waals surface area contributed by atoms with Crippen LogP contribution in [0, 0.1) is 6.92 Å². The van der Waals surface area contributed by atoms with Crippen molar-refractivity contribution in [2.45, 2.75) is 32.4 Å². The van der Waals surface area contributed by atoms with Crippen LogP contribution in [0.4, 0.5) is 0 Å². The van der Waals surface area contributed by atoms with Crippen molar-refractivity contribution in [3.8, 4) is 0 Å². The number of benzene rings is 2. The van der Waals surface area contributed by atoms with Crippen molar-refractivity contribution < 1.29 is 5.11 Å². The molecule has 102 valence electrons. The summed E-state index contributed by atoms with van der Waals surface area (Å²) in [4.78, 5) is 2.06. The molecule has 1 unspecified atom stereocenters. The molecule has 0 aliphatic rings. The van der Waals surface area contributed by atoms with Crippen LogP contribution in [0.3, 0.4) is 0 Å². The van der Waals surface area contributed by atoms with Crippen molar-refractivity contribution in [2.24, 2.45) is 0 Å². The molecule has 2 aromatic rings. The van der Waals surface area contributed by atoms with E-state index >= 15 is 0 Å². The standard InChI is InChI=1S/C17H23NO/c1-12-6-7-14-11-15(9-8-13(14)10-12)16(18(4)5)17(2,3)19/h6-11,16,19H,1-5H3.